The van der Waals surface area contributed by atoms with E-state index in [0.717, 1.165) is 68.6 Å². The molecule has 0 unspecified atom stereocenters. The number of aromatic amines is 1. The summed E-state index contributed by atoms with van der Waals surface area (Å²) in [5.74, 6) is 2.67. The van der Waals surface area contributed by atoms with Gasteiger partial charge >= 0.3 is 0 Å². The lowest BCUT2D eigenvalue weighted by molar-refractivity contribution is 0.145. The third kappa shape index (κ3) is 8.98. The van der Waals surface area contributed by atoms with Crippen molar-refractivity contribution in [1.82, 2.24) is 19.5 Å². The van der Waals surface area contributed by atoms with Crippen LogP contribution in [0.15, 0.2) is 165 Å². The van der Waals surface area contributed by atoms with Crippen molar-refractivity contribution in [3.8, 4) is 23.6 Å². The quantitative estimate of drug-likeness (QED) is 0.138. The standard InChI is InChI=1S/C35H31N3O.C16H17N3O/c36-24-27-16-20-32(21-17-27)39-33-22-18-28(19-23-33)34-25-38(26-37-34)35(29-10-4-1-5-11-29,30-12-6-2-7-13-30)31-14-8-3-9-15-31;17-9-12-1-5-14(6-2-12)20-15-7-3-13(4-8-15)16-10-18-11-19-16/h1-17,20-21,25-26,28,33H,18-19,22-23H2;1-2,5-6,10-11,13,15H,3-4,7-8H2,(H,18,19). The molecule has 0 bridgehead atoms. The number of nitrogens with zero attached hydrogens (tertiary/aromatic N) is 5. The molecule has 8 heteroatoms. The number of hydrogen-bond acceptors (Lipinski definition) is 6. The van der Waals surface area contributed by atoms with Crippen molar-refractivity contribution in [3.05, 3.63) is 204 Å². The molecule has 2 heterocycles. The Morgan fingerprint density at radius 2 is 1.00 bits per heavy atom. The summed E-state index contributed by atoms with van der Waals surface area (Å²) in [5, 5.41) is 17.8. The molecule has 5 aromatic carbocycles. The second-order valence-electron chi connectivity index (χ2n) is 15.5. The monoisotopic (exact) mass is 776 g/mol. The van der Waals surface area contributed by atoms with E-state index in [1.165, 1.54) is 22.4 Å². The molecule has 2 saturated carbocycles. The Morgan fingerprint density at radius 1 is 0.559 bits per heavy atom. The summed E-state index contributed by atoms with van der Waals surface area (Å²) < 4.78 is 14.5. The molecule has 2 fully saturated rings. The van der Waals surface area contributed by atoms with Crippen LogP contribution in [-0.4, -0.2) is 31.7 Å². The van der Waals surface area contributed by atoms with E-state index in [-0.39, 0.29) is 12.2 Å². The first-order chi connectivity index (χ1) is 29.1. The fourth-order valence-electron chi connectivity index (χ4n) is 8.78. The highest BCUT2D eigenvalue weighted by Crippen LogP contribution is 2.42. The minimum Gasteiger partial charge on any atom is -0.490 e. The highest BCUT2D eigenvalue weighted by atomic mass is 16.5. The van der Waals surface area contributed by atoms with Crippen molar-refractivity contribution >= 4 is 0 Å². The molecule has 9 rings (SSSR count). The number of H-pyrrole nitrogens is 1. The van der Waals surface area contributed by atoms with Gasteiger partial charge in [0.1, 0.15) is 17.0 Å². The van der Waals surface area contributed by atoms with Crippen LogP contribution in [0.4, 0.5) is 0 Å². The number of ether oxygens (including phenoxy) is 2. The molecule has 59 heavy (non-hydrogen) atoms. The minimum atomic E-state index is -0.537. The zero-order chi connectivity index (χ0) is 40.3. The summed E-state index contributed by atoms with van der Waals surface area (Å²) >= 11 is 0. The molecule has 8 nitrogen and oxygen atoms in total. The second-order valence-corrected chi connectivity index (χ2v) is 15.5. The smallest absolute Gasteiger partial charge is 0.121 e. The van der Waals surface area contributed by atoms with Gasteiger partial charge in [-0.25, -0.2) is 9.97 Å². The zero-order valence-corrected chi connectivity index (χ0v) is 33.1. The van der Waals surface area contributed by atoms with Gasteiger partial charge in [0, 0.05) is 29.9 Å². The van der Waals surface area contributed by atoms with Crippen LogP contribution in [0.2, 0.25) is 0 Å². The number of imidazole rings is 2. The summed E-state index contributed by atoms with van der Waals surface area (Å²) in [7, 11) is 0. The van der Waals surface area contributed by atoms with E-state index in [0.29, 0.717) is 23.0 Å². The van der Waals surface area contributed by atoms with Gasteiger partial charge in [-0.1, -0.05) is 91.0 Å². The van der Waals surface area contributed by atoms with Crippen molar-refractivity contribution in [1.29, 1.82) is 10.5 Å². The Hall–Kier alpha value is -6.90. The van der Waals surface area contributed by atoms with E-state index >= 15 is 0 Å². The molecule has 0 radical (unpaired) electrons. The summed E-state index contributed by atoms with van der Waals surface area (Å²) in [4.78, 5) is 12.3. The van der Waals surface area contributed by atoms with Crippen molar-refractivity contribution in [3.63, 3.8) is 0 Å². The molecule has 0 amide bonds. The maximum absolute atomic E-state index is 9.04. The molecule has 0 spiro atoms. The molecule has 294 valence electrons. The van der Waals surface area contributed by atoms with Crippen LogP contribution < -0.4 is 9.47 Å². The highest BCUT2D eigenvalue weighted by Gasteiger charge is 2.39. The van der Waals surface area contributed by atoms with Crippen LogP contribution in [0.5, 0.6) is 11.5 Å². The Bertz CT molecular complexity index is 2320. The lowest BCUT2D eigenvalue weighted by Gasteiger charge is -2.37. The third-order valence-corrected chi connectivity index (χ3v) is 11.9. The fourth-order valence-corrected chi connectivity index (χ4v) is 8.78. The number of nitriles is 2. The SMILES string of the molecule is N#Cc1ccc(OC2CCC(c3cn(C(c4ccccc4)(c4ccccc4)c4ccccc4)cn3)CC2)cc1.N#Cc1ccc(OC2CCC(c3cnc[nH]3)CC2)cc1. The summed E-state index contributed by atoms with van der Waals surface area (Å²) in [5.41, 5.74) is 6.76. The molecule has 2 aliphatic carbocycles. The summed E-state index contributed by atoms with van der Waals surface area (Å²) in [6, 6.07) is 51.2. The van der Waals surface area contributed by atoms with Crippen molar-refractivity contribution in [2.24, 2.45) is 0 Å². The van der Waals surface area contributed by atoms with Gasteiger partial charge in [-0.2, -0.15) is 10.5 Å². The van der Waals surface area contributed by atoms with Crippen LogP contribution in [-0.2, 0) is 5.54 Å². The third-order valence-electron chi connectivity index (χ3n) is 11.9. The Labute approximate surface area is 346 Å². The number of hydrogen-bond donors (Lipinski definition) is 1. The first kappa shape index (κ1) is 38.9. The minimum absolute atomic E-state index is 0.188. The second kappa shape index (κ2) is 18.6. The molecular formula is C51H48N6O2. The van der Waals surface area contributed by atoms with E-state index in [1.54, 1.807) is 18.5 Å². The summed E-state index contributed by atoms with van der Waals surface area (Å²) in [6.07, 6.45) is 16.8. The summed E-state index contributed by atoms with van der Waals surface area (Å²) in [6.45, 7) is 0. The predicted octanol–water partition coefficient (Wildman–Crippen LogP) is 11.1. The number of nitrogens with one attached hydrogen (secondary N) is 1. The van der Waals surface area contributed by atoms with Crippen LogP contribution in [0.3, 0.4) is 0 Å². The molecule has 0 aliphatic heterocycles. The fraction of sp³-hybridized carbons (Fsp3) is 0.255. The maximum Gasteiger partial charge on any atom is 0.121 e. The van der Waals surface area contributed by atoms with Gasteiger partial charge in [-0.3, -0.25) is 0 Å². The number of rotatable bonds is 10. The maximum atomic E-state index is 9.04. The van der Waals surface area contributed by atoms with Crippen LogP contribution >= 0.6 is 0 Å². The van der Waals surface area contributed by atoms with E-state index in [9.17, 15) is 0 Å². The topological polar surface area (TPSA) is 113 Å². The van der Waals surface area contributed by atoms with Gasteiger partial charge in [-0.05, 0) is 117 Å². The Kier molecular flexibility index (Phi) is 12.3. The first-order valence-electron chi connectivity index (χ1n) is 20.6. The van der Waals surface area contributed by atoms with Crippen molar-refractivity contribution in [2.75, 3.05) is 0 Å². The molecule has 0 atom stereocenters. The normalized spacial score (nSPS) is 18.9. The first-order valence-corrected chi connectivity index (χ1v) is 20.6. The predicted molar refractivity (Wildman–Crippen MR) is 229 cm³/mol. The van der Waals surface area contributed by atoms with Gasteiger partial charge < -0.3 is 19.0 Å². The molecule has 0 saturated heterocycles. The molecule has 2 aliphatic rings. The van der Waals surface area contributed by atoms with Gasteiger partial charge in [0.05, 0.1) is 53.8 Å². The Balaban J connectivity index is 0.000000203. The average Bonchev–Trinajstić information content (AvgIpc) is 4.04. The van der Waals surface area contributed by atoms with E-state index in [2.05, 4.69) is 124 Å². The number of benzene rings is 5. The lowest BCUT2D eigenvalue weighted by atomic mass is 9.76. The average molecular weight is 777 g/mol. The molecular weight excluding hydrogens is 729 g/mol. The van der Waals surface area contributed by atoms with Gasteiger partial charge in [0.15, 0.2) is 0 Å². The highest BCUT2D eigenvalue weighted by molar-refractivity contribution is 5.51. The molecule has 7 aromatic rings. The van der Waals surface area contributed by atoms with Crippen LogP contribution in [0.25, 0.3) is 0 Å². The van der Waals surface area contributed by atoms with Crippen LogP contribution in [0.1, 0.15) is 102 Å². The zero-order valence-electron chi connectivity index (χ0n) is 33.1. The van der Waals surface area contributed by atoms with E-state index < -0.39 is 5.54 Å². The van der Waals surface area contributed by atoms with E-state index in [1.807, 2.05) is 48.9 Å². The van der Waals surface area contributed by atoms with Gasteiger partial charge in [0.2, 0.25) is 0 Å². The number of aromatic nitrogens is 4. The van der Waals surface area contributed by atoms with E-state index in [4.69, 9.17) is 25.0 Å². The van der Waals surface area contributed by atoms with Crippen molar-refractivity contribution in [2.45, 2.75) is 80.9 Å². The Morgan fingerprint density at radius 3 is 1.41 bits per heavy atom. The lowest BCUT2D eigenvalue weighted by Crippen LogP contribution is -2.37. The van der Waals surface area contributed by atoms with Gasteiger partial charge in [0.25, 0.3) is 0 Å². The molecule has 2 aromatic heterocycles. The van der Waals surface area contributed by atoms with Crippen molar-refractivity contribution < 1.29 is 9.47 Å². The van der Waals surface area contributed by atoms with Gasteiger partial charge in [-0.15, -0.1) is 0 Å². The largest absolute Gasteiger partial charge is 0.490 e. The molecule has 1 N–H and O–H groups in total. The van der Waals surface area contributed by atoms with Crippen LogP contribution in [0, 0.1) is 22.7 Å².